The second kappa shape index (κ2) is 10.7. The highest BCUT2D eigenvalue weighted by molar-refractivity contribution is 5.98. The van der Waals surface area contributed by atoms with Crippen LogP contribution in [-0.2, 0) is 20.8 Å². The number of halogens is 1. The minimum Gasteiger partial charge on any atom is -0.325 e. The highest BCUT2D eigenvalue weighted by Crippen LogP contribution is 2.23. The Labute approximate surface area is 169 Å². The number of hydrazine groups is 1. The van der Waals surface area contributed by atoms with Gasteiger partial charge < -0.3 is 10.6 Å². The van der Waals surface area contributed by atoms with Crippen molar-refractivity contribution in [2.75, 3.05) is 10.6 Å². The summed E-state index contributed by atoms with van der Waals surface area (Å²) in [5.41, 5.74) is 5.36. The molecule has 0 spiro atoms. The highest BCUT2D eigenvalue weighted by atomic mass is 35.5. The quantitative estimate of drug-likeness (QED) is 0.272. The van der Waals surface area contributed by atoms with Crippen molar-refractivity contribution in [1.82, 2.24) is 5.43 Å². The Morgan fingerprint density at radius 3 is 1.96 bits per heavy atom. The number of hydrogen-bond acceptors (Lipinski definition) is 4. The van der Waals surface area contributed by atoms with Gasteiger partial charge in [0.25, 0.3) is 0 Å². The van der Waals surface area contributed by atoms with E-state index in [4.69, 9.17) is 5.84 Å². The van der Waals surface area contributed by atoms with Gasteiger partial charge in [0.2, 0.25) is 17.7 Å². The van der Waals surface area contributed by atoms with Gasteiger partial charge in [0, 0.05) is 25.0 Å². The maximum Gasteiger partial charge on any atom is 0.238 e. The van der Waals surface area contributed by atoms with Gasteiger partial charge in [0.1, 0.15) is 0 Å². The van der Waals surface area contributed by atoms with Crippen LogP contribution in [-0.4, -0.2) is 17.7 Å². The third-order valence-electron chi connectivity index (χ3n) is 3.47. The Morgan fingerprint density at radius 1 is 0.857 bits per heavy atom. The van der Waals surface area contributed by atoms with Crippen LogP contribution in [0, 0.1) is 11.8 Å². The van der Waals surface area contributed by atoms with Crippen LogP contribution in [0.4, 0.5) is 11.4 Å². The number of amides is 3. The molecule has 0 aliphatic heterocycles. The SMILES string of the molecule is CC(=O)Nc1ccc(C#Cc2ccc(CC(=O)NN)cc2)cc1NC(C)=O.Cl. The molecule has 3 amide bonds. The molecule has 2 aromatic carbocycles. The Bertz CT molecular complexity index is 931. The highest BCUT2D eigenvalue weighted by Gasteiger charge is 2.06. The van der Waals surface area contributed by atoms with E-state index in [1.54, 1.807) is 18.2 Å². The molecule has 2 aromatic rings. The van der Waals surface area contributed by atoms with Gasteiger partial charge in [-0.05, 0) is 35.9 Å². The average Bonchev–Trinajstić information content (AvgIpc) is 2.62. The summed E-state index contributed by atoms with van der Waals surface area (Å²) in [4.78, 5) is 33.9. The number of nitrogens with two attached hydrogens (primary N) is 1. The second-order valence-electron chi connectivity index (χ2n) is 5.81. The van der Waals surface area contributed by atoms with E-state index < -0.39 is 0 Å². The smallest absolute Gasteiger partial charge is 0.238 e. The van der Waals surface area contributed by atoms with Gasteiger partial charge in [-0.1, -0.05) is 24.0 Å². The third-order valence-corrected chi connectivity index (χ3v) is 3.47. The van der Waals surface area contributed by atoms with Gasteiger partial charge >= 0.3 is 0 Å². The van der Waals surface area contributed by atoms with Gasteiger partial charge in [0.15, 0.2) is 0 Å². The Hall–Kier alpha value is -3.34. The van der Waals surface area contributed by atoms with Crippen molar-refractivity contribution in [2.45, 2.75) is 20.3 Å². The normalized spacial score (nSPS) is 9.25. The lowest BCUT2D eigenvalue weighted by Crippen LogP contribution is -2.31. The molecule has 0 fully saturated rings. The molecule has 8 heteroatoms. The van der Waals surface area contributed by atoms with Gasteiger partial charge in [-0.3, -0.25) is 19.8 Å². The summed E-state index contributed by atoms with van der Waals surface area (Å²) in [7, 11) is 0. The van der Waals surface area contributed by atoms with Crippen molar-refractivity contribution in [3.05, 3.63) is 59.2 Å². The van der Waals surface area contributed by atoms with E-state index in [2.05, 4.69) is 27.9 Å². The second-order valence-corrected chi connectivity index (χ2v) is 5.81. The maximum atomic E-state index is 11.4. The minimum atomic E-state index is -0.265. The fourth-order valence-electron chi connectivity index (χ4n) is 2.30. The number of carbonyl (C=O) groups is 3. The third kappa shape index (κ3) is 7.11. The van der Waals surface area contributed by atoms with E-state index >= 15 is 0 Å². The molecule has 0 aliphatic carbocycles. The zero-order valence-corrected chi connectivity index (χ0v) is 16.3. The van der Waals surface area contributed by atoms with Crippen LogP contribution < -0.4 is 21.9 Å². The standard InChI is InChI=1S/C20H20N4O3.ClH/c1-13(25)22-18-10-9-16(11-19(18)23-14(2)26)6-3-15-4-7-17(8-5-15)12-20(27)24-21;/h4-5,7-11H,12,21H2,1-2H3,(H,22,25)(H,23,26)(H,24,27);1H. The fraction of sp³-hybridized carbons (Fsp3) is 0.150. The molecule has 146 valence electrons. The molecule has 0 aromatic heterocycles. The molecule has 28 heavy (non-hydrogen) atoms. The number of carbonyl (C=O) groups excluding carboxylic acids is 3. The van der Waals surface area contributed by atoms with Crippen molar-refractivity contribution in [3.63, 3.8) is 0 Å². The summed E-state index contributed by atoms with van der Waals surface area (Å²) in [6.45, 7) is 2.79. The predicted octanol–water partition coefficient (Wildman–Crippen LogP) is 1.96. The molecule has 5 N–H and O–H groups in total. The summed E-state index contributed by atoms with van der Waals surface area (Å²) in [6, 6.07) is 12.4. The van der Waals surface area contributed by atoms with Crippen LogP contribution in [0.15, 0.2) is 42.5 Å². The van der Waals surface area contributed by atoms with Gasteiger partial charge in [-0.25, -0.2) is 5.84 Å². The first kappa shape index (κ1) is 22.7. The Balaban J connectivity index is 0.00000392. The molecule has 2 rings (SSSR count). The molecule has 0 unspecified atom stereocenters. The molecule has 0 saturated heterocycles. The number of rotatable bonds is 4. The molecule has 0 radical (unpaired) electrons. The zero-order chi connectivity index (χ0) is 19.8. The van der Waals surface area contributed by atoms with Crippen LogP contribution in [0.1, 0.15) is 30.5 Å². The number of nitrogens with one attached hydrogen (secondary N) is 3. The first-order chi connectivity index (χ1) is 12.9. The molecule has 7 nitrogen and oxygen atoms in total. The van der Waals surface area contributed by atoms with Crippen molar-refractivity contribution < 1.29 is 14.4 Å². The monoisotopic (exact) mass is 400 g/mol. The predicted molar refractivity (Wildman–Crippen MR) is 111 cm³/mol. The lowest BCUT2D eigenvalue weighted by molar-refractivity contribution is -0.120. The Kier molecular flexibility index (Phi) is 8.69. The van der Waals surface area contributed by atoms with E-state index in [0.29, 0.717) is 16.9 Å². The minimum absolute atomic E-state index is 0. The first-order valence-corrected chi connectivity index (χ1v) is 8.17. The van der Waals surface area contributed by atoms with Crippen LogP contribution in [0.3, 0.4) is 0 Å². The summed E-state index contributed by atoms with van der Waals surface area (Å²) >= 11 is 0. The number of benzene rings is 2. The molecule has 0 heterocycles. The summed E-state index contributed by atoms with van der Waals surface area (Å²) in [5.74, 6) is 10.4. The van der Waals surface area contributed by atoms with Crippen molar-refractivity contribution in [1.29, 1.82) is 0 Å². The van der Waals surface area contributed by atoms with Crippen LogP contribution in [0.2, 0.25) is 0 Å². The van der Waals surface area contributed by atoms with E-state index in [1.807, 2.05) is 24.3 Å². The maximum absolute atomic E-state index is 11.4. The van der Waals surface area contributed by atoms with Gasteiger partial charge in [-0.2, -0.15) is 0 Å². The molecular formula is C20H21ClN4O3. The molecular weight excluding hydrogens is 380 g/mol. The summed E-state index contributed by atoms with van der Waals surface area (Å²) in [6.07, 6.45) is 0.203. The number of anilines is 2. The topological polar surface area (TPSA) is 113 Å². The zero-order valence-electron chi connectivity index (χ0n) is 15.5. The molecule has 0 bridgehead atoms. The van der Waals surface area contributed by atoms with E-state index in [9.17, 15) is 14.4 Å². The van der Waals surface area contributed by atoms with Gasteiger partial charge in [0.05, 0.1) is 17.8 Å². The van der Waals surface area contributed by atoms with E-state index in [0.717, 1.165) is 11.1 Å². The molecule has 0 atom stereocenters. The van der Waals surface area contributed by atoms with Crippen molar-refractivity contribution in [2.24, 2.45) is 5.84 Å². The van der Waals surface area contributed by atoms with Crippen LogP contribution in [0.5, 0.6) is 0 Å². The lowest BCUT2D eigenvalue weighted by atomic mass is 10.1. The average molecular weight is 401 g/mol. The summed E-state index contributed by atoms with van der Waals surface area (Å²) < 4.78 is 0. The Morgan fingerprint density at radius 2 is 1.39 bits per heavy atom. The van der Waals surface area contributed by atoms with E-state index in [1.165, 1.54) is 13.8 Å². The van der Waals surface area contributed by atoms with Crippen molar-refractivity contribution >= 4 is 41.5 Å². The summed E-state index contributed by atoms with van der Waals surface area (Å²) in [5, 5.41) is 5.34. The van der Waals surface area contributed by atoms with Gasteiger partial charge in [-0.15, -0.1) is 12.4 Å². The number of hydrogen-bond donors (Lipinski definition) is 4. The lowest BCUT2D eigenvalue weighted by Gasteiger charge is -2.10. The fourth-order valence-corrected chi connectivity index (χ4v) is 2.30. The first-order valence-electron chi connectivity index (χ1n) is 8.17. The molecule has 0 aliphatic rings. The molecule has 0 saturated carbocycles. The van der Waals surface area contributed by atoms with E-state index in [-0.39, 0.29) is 36.5 Å². The van der Waals surface area contributed by atoms with Crippen LogP contribution in [0.25, 0.3) is 0 Å². The largest absolute Gasteiger partial charge is 0.325 e. The van der Waals surface area contributed by atoms with Crippen LogP contribution >= 0.6 is 12.4 Å². The van der Waals surface area contributed by atoms with Crippen molar-refractivity contribution in [3.8, 4) is 11.8 Å².